The summed E-state index contributed by atoms with van der Waals surface area (Å²) < 4.78 is 5.53. The summed E-state index contributed by atoms with van der Waals surface area (Å²) in [5, 5.41) is 8.81. The zero-order chi connectivity index (χ0) is 14.2. The molecule has 1 unspecified atom stereocenters. The molecule has 0 amide bonds. The van der Waals surface area contributed by atoms with Gasteiger partial charge in [0.1, 0.15) is 0 Å². The number of benzene rings is 1. The minimum absolute atomic E-state index is 0.229. The average molecular weight is 277 g/mol. The highest BCUT2D eigenvalue weighted by Crippen LogP contribution is 2.23. The van der Waals surface area contributed by atoms with Crippen molar-refractivity contribution in [3.05, 3.63) is 30.3 Å². The lowest BCUT2D eigenvalue weighted by molar-refractivity contribution is -0.137. The van der Waals surface area contributed by atoms with Crippen molar-refractivity contribution in [3.8, 4) is 0 Å². The first kappa shape index (κ1) is 14.9. The maximum Gasteiger partial charge on any atom is 0.303 e. The second kappa shape index (κ2) is 7.90. The van der Waals surface area contributed by atoms with Crippen LogP contribution >= 0.6 is 0 Å². The molecular formula is C16H23NO3. The van der Waals surface area contributed by atoms with Gasteiger partial charge in [-0.2, -0.15) is 0 Å². The van der Waals surface area contributed by atoms with Gasteiger partial charge in [0.15, 0.2) is 0 Å². The Hall–Kier alpha value is -1.55. The molecule has 2 rings (SSSR count). The molecule has 4 nitrogen and oxygen atoms in total. The molecule has 0 aliphatic carbocycles. The third-order valence-corrected chi connectivity index (χ3v) is 3.74. The number of carboxylic acid groups (broad SMARTS) is 1. The summed E-state index contributed by atoms with van der Waals surface area (Å²) >= 11 is 0. The fourth-order valence-electron chi connectivity index (χ4n) is 2.74. The summed E-state index contributed by atoms with van der Waals surface area (Å²) in [7, 11) is 0. The fourth-order valence-corrected chi connectivity index (χ4v) is 2.74. The number of carboxylic acids is 1. The lowest BCUT2D eigenvalue weighted by atomic mass is 10.1. The molecule has 1 heterocycles. The second-order valence-electron chi connectivity index (χ2n) is 5.22. The maximum atomic E-state index is 10.7. The number of carbonyl (C=O) groups is 1. The van der Waals surface area contributed by atoms with Gasteiger partial charge in [0.2, 0.25) is 0 Å². The van der Waals surface area contributed by atoms with Gasteiger partial charge < -0.3 is 14.7 Å². The van der Waals surface area contributed by atoms with E-state index in [-0.39, 0.29) is 6.42 Å². The van der Waals surface area contributed by atoms with Crippen LogP contribution in [0.25, 0.3) is 0 Å². The van der Waals surface area contributed by atoms with Gasteiger partial charge in [-0.15, -0.1) is 0 Å². The van der Waals surface area contributed by atoms with Crippen LogP contribution in [-0.4, -0.2) is 36.9 Å². The van der Waals surface area contributed by atoms with Crippen LogP contribution in [0.3, 0.4) is 0 Å². The smallest absolute Gasteiger partial charge is 0.303 e. The van der Waals surface area contributed by atoms with E-state index >= 15 is 0 Å². The Bertz CT molecular complexity index is 399. The second-order valence-corrected chi connectivity index (χ2v) is 5.22. The fraction of sp³-hybridized carbons (Fsp3) is 0.562. The van der Waals surface area contributed by atoms with Crippen molar-refractivity contribution in [2.75, 3.05) is 24.7 Å². The molecule has 1 aromatic carbocycles. The number of hydrogen-bond acceptors (Lipinski definition) is 3. The topological polar surface area (TPSA) is 49.8 Å². The Labute approximate surface area is 120 Å². The van der Waals surface area contributed by atoms with Crippen LogP contribution in [0.2, 0.25) is 0 Å². The Morgan fingerprint density at radius 1 is 1.25 bits per heavy atom. The average Bonchev–Trinajstić information content (AvgIpc) is 2.73. The molecule has 1 atom stereocenters. The summed E-state index contributed by atoms with van der Waals surface area (Å²) in [5.74, 6) is -0.720. The highest BCUT2D eigenvalue weighted by molar-refractivity contribution is 5.66. The maximum absolute atomic E-state index is 10.7. The van der Waals surface area contributed by atoms with E-state index in [1.165, 1.54) is 5.69 Å². The Morgan fingerprint density at radius 2 is 2.05 bits per heavy atom. The van der Waals surface area contributed by atoms with E-state index in [0.717, 1.165) is 39.0 Å². The van der Waals surface area contributed by atoms with Crippen molar-refractivity contribution >= 4 is 11.7 Å². The predicted octanol–water partition coefficient (Wildman–Crippen LogP) is 2.93. The van der Waals surface area contributed by atoms with Gasteiger partial charge in [0.25, 0.3) is 0 Å². The molecular weight excluding hydrogens is 254 g/mol. The van der Waals surface area contributed by atoms with Crippen LogP contribution in [0, 0.1) is 0 Å². The Balaban J connectivity index is 2.04. The molecule has 1 aromatic rings. The molecule has 1 saturated heterocycles. The van der Waals surface area contributed by atoms with Gasteiger partial charge in [-0.1, -0.05) is 18.2 Å². The molecule has 0 saturated carbocycles. The van der Waals surface area contributed by atoms with Gasteiger partial charge >= 0.3 is 5.97 Å². The standard InChI is InChI=1S/C16H23NO3/c18-16(19)9-4-11-17(14-6-2-1-3-7-14)15-8-5-12-20-13-10-15/h1-3,6-7,15H,4-5,8-13H2,(H,18,19). The summed E-state index contributed by atoms with van der Waals surface area (Å²) in [5.41, 5.74) is 1.18. The van der Waals surface area contributed by atoms with Gasteiger partial charge in [-0.3, -0.25) is 4.79 Å². The highest BCUT2D eigenvalue weighted by Gasteiger charge is 2.20. The number of aliphatic carboxylic acids is 1. The highest BCUT2D eigenvalue weighted by atomic mass is 16.5. The molecule has 20 heavy (non-hydrogen) atoms. The number of hydrogen-bond donors (Lipinski definition) is 1. The number of rotatable bonds is 6. The van der Waals surface area contributed by atoms with Crippen molar-refractivity contribution in [1.82, 2.24) is 0 Å². The molecule has 110 valence electrons. The van der Waals surface area contributed by atoms with Crippen LogP contribution in [-0.2, 0) is 9.53 Å². The van der Waals surface area contributed by atoms with Crippen molar-refractivity contribution in [2.45, 2.75) is 38.1 Å². The third kappa shape index (κ3) is 4.53. The monoisotopic (exact) mass is 277 g/mol. The van der Waals surface area contributed by atoms with Crippen molar-refractivity contribution in [1.29, 1.82) is 0 Å². The molecule has 1 N–H and O–H groups in total. The van der Waals surface area contributed by atoms with E-state index in [1.807, 2.05) is 18.2 Å². The van der Waals surface area contributed by atoms with E-state index in [2.05, 4.69) is 17.0 Å². The van der Waals surface area contributed by atoms with Gasteiger partial charge in [-0.25, -0.2) is 0 Å². The SMILES string of the molecule is O=C(O)CCCN(c1ccccc1)C1CCCOCC1. The van der Waals surface area contributed by atoms with E-state index in [0.29, 0.717) is 12.5 Å². The molecule has 0 radical (unpaired) electrons. The normalized spacial score (nSPS) is 19.3. The minimum Gasteiger partial charge on any atom is -0.481 e. The summed E-state index contributed by atoms with van der Waals surface area (Å²) in [6, 6.07) is 10.7. The predicted molar refractivity (Wildman–Crippen MR) is 79.1 cm³/mol. The van der Waals surface area contributed by atoms with Crippen molar-refractivity contribution in [3.63, 3.8) is 0 Å². The minimum atomic E-state index is -0.720. The molecule has 0 aromatic heterocycles. The van der Waals surface area contributed by atoms with Gasteiger partial charge in [-0.05, 0) is 37.8 Å². The Morgan fingerprint density at radius 3 is 2.80 bits per heavy atom. The van der Waals surface area contributed by atoms with E-state index in [1.54, 1.807) is 0 Å². The molecule has 4 heteroatoms. The first-order chi connectivity index (χ1) is 9.77. The summed E-state index contributed by atoms with van der Waals surface area (Å²) in [6.07, 6.45) is 4.12. The number of nitrogens with zero attached hydrogens (tertiary/aromatic N) is 1. The molecule has 1 aliphatic heterocycles. The number of ether oxygens (including phenoxy) is 1. The Kier molecular flexibility index (Phi) is 5.87. The molecule has 1 fully saturated rings. The largest absolute Gasteiger partial charge is 0.481 e. The summed E-state index contributed by atoms with van der Waals surface area (Å²) in [6.45, 7) is 2.43. The van der Waals surface area contributed by atoms with Crippen molar-refractivity contribution < 1.29 is 14.6 Å². The van der Waals surface area contributed by atoms with E-state index in [9.17, 15) is 4.79 Å². The zero-order valence-electron chi connectivity index (χ0n) is 11.8. The lowest BCUT2D eigenvalue weighted by Gasteiger charge is -2.33. The van der Waals surface area contributed by atoms with Crippen LogP contribution < -0.4 is 4.90 Å². The molecule has 1 aliphatic rings. The lowest BCUT2D eigenvalue weighted by Crippen LogP contribution is -2.36. The van der Waals surface area contributed by atoms with Crippen LogP contribution in [0.5, 0.6) is 0 Å². The first-order valence-corrected chi connectivity index (χ1v) is 7.38. The van der Waals surface area contributed by atoms with Crippen LogP contribution in [0.15, 0.2) is 30.3 Å². The van der Waals surface area contributed by atoms with E-state index < -0.39 is 5.97 Å². The number of anilines is 1. The van der Waals surface area contributed by atoms with Gasteiger partial charge in [0.05, 0.1) is 0 Å². The van der Waals surface area contributed by atoms with Crippen LogP contribution in [0.4, 0.5) is 5.69 Å². The van der Waals surface area contributed by atoms with Crippen molar-refractivity contribution in [2.24, 2.45) is 0 Å². The summed E-state index contributed by atoms with van der Waals surface area (Å²) in [4.78, 5) is 13.1. The number of para-hydroxylation sites is 1. The third-order valence-electron chi connectivity index (χ3n) is 3.74. The molecule has 0 bridgehead atoms. The first-order valence-electron chi connectivity index (χ1n) is 7.38. The van der Waals surface area contributed by atoms with E-state index in [4.69, 9.17) is 9.84 Å². The van der Waals surface area contributed by atoms with Crippen LogP contribution in [0.1, 0.15) is 32.1 Å². The molecule has 0 spiro atoms. The van der Waals surface area contributed by atoms with Gasteiger partial charge in [0, 0.05) is 37.9 Å². The zero-order valence-corrected chi connectivity index (χ0v) is 11.8. The quantitative estimate of drug-likeness (QED) is 0.868.